The standard InChI is InChI=1S/C8H11F7/c1-2-5(7(10,11)12)6(3-4-9)8(13,14)15/h5-6H,2-4H2,1H3. The quantitative estimate of drug-likeness (QED) is 0.648. The molecule has 2 atom stereocenters. The lowest BCUT2D eigenvalue weighted by molar-refractivity contribution is -0.256. The Bertz CT molecular complexity index is 180. The Morgan fingerprint density at radius 1 is 0.867 bits per heavy atom. The van der Waals surface area contributed by atoms with Crippen LogP contribution in [0.3, 0.4) is 0 Å². The maximum Gasteiger partial charge on any atom is 0.392 e. The fraction of sp³-hybridized carbons (Fsp3) is 1.00. The van der Waals surface area contributed by atoms with Crippen LogP contribution in [0.25, 0.3) is 0 Å². The summed E-state index contributed by atoms with van der Waals surface area (Å²) in [6.07, 6.45) is -11.8. The summed E-state index contributed by atoms with van der Waals surface area (Å²) in [5.74, 6) is -5.17. The summed E-state index contributed by atoms with van der Waals surface area (Å²) in [6.45, 7) is -0.397. The Labute approximate surface area is 82.5 Å². The molecule has 0 aliphatic carbocycles. The predicted molar refractivity (Wildman–Crippen MR) is 40.0 cm³/mol. The third-order valence-corrected chi connectivity index (χ3v) is 2.19. The van der Waals surface area contributed by atoms with Crippen molar-refractivity contribution in [3.63, 3.8) is 0 Å². The summed E-state index contributed by atoms with van der Waals surface area (Å²) in [6, 6.07) is 0. The first kappa shape index (κ1) is 14.5. The van der Waals surface area contributed by atoms with Gasteiger partial charge in [0.25, 0.3) is 0 Å². The first-order valence-electron chi connectivity index (χ1n) is 4.34. The van der Waals surface area contributed by atoms with Crippen molar-refractivity contribution in [1.82, 2.24) is 0 Å². The van der Waals surface area contributed by atoms with E-state index in [2.05, 4.69) is 0 Å². The molecule has 2 unspecified atom stereocenters. The second-order valence-corrected chi connectivity index (χ2v) is 3.18. The zero-order valence-corrected chi connectivity index (χ0v) is 7.92. The van der Waals surface area contributed by atoms with Crippen LogP contribution in [0.15, 0.2) is 0 Å². The molecule has 0 aromatic heterocycles. The average molecular weight is 240 g/mol. The molecule has 0 bridgehead atoms. The van der Waals surface area contributed by atoms with Gasteiger partial charge in [0.05, 0.1) is 18.5 Å². The molecular weight excluding hydrogens is 229 g/mol. The average Bonchev–Trinajstić information content (AvgIpc) is 2.00. The number of halogens is 7. The van der Waals surface area contributed by atoms with Gasteiger partial charge in [-0.15, -0.1) is 0 Å². The molecule has 7 heteroatoms. The van der Waals surface area contributed by atoms with Crippen molar-refractivity contribution >= 4 is 0 Å². The molecule has 0 heterocycles. The zero-order valence-electron chi connectivity index (χ0n) is 7.92. The van der Waals surface area contributed by atoms with Crippen LogP contribution in [0, 0.1) is 11.8 Å². The summed E-state index contributed by atoms with van der Waals surface area (Å²) in [5.41, 5.74) is 0. The summed E-state index contributed by atoms with van der Waals surface area (Å²) in [7, 11) is 0. The fourth-order valence-corrected chi connectivity index (χ4v) is 1.45. The van der Waals surface area contributed by atoms with Crippen molar-refractivity contribution in [3.05, 3.63) is 0 Å². The van der Waals surface area contributed by atoms with Crippen LogP contribution < -0.4 is 0 Å². The van der Waals surface area contributed by atoms with Crippen LogP contribution in [0.1, 0.15) is 19.8 Å². The Balaban J connectivity index is 4.87. The topological polar surface area (TPSA) is 0 Å². The molecule has 0 spiro atoms. The Kier molecular flexibility index (Phi) is 4.86. The smallest absolute Gasteiger partial charge is 0.251 e. The van der Waals surface area contributed by atoms with E-state index >= 15 is 0 Å². The van der Waals surface area contributed by atoms with Crippen molar-refractivity contribution in [2.45, 2.75) is 32.1 Å². The first-order valence-corrected chi connectivity index (χ1v) is 4.34. The van der Waals surface area contributed by atoms with Gasteiger partial charge >= 0.3 is 12.4 Å². The summed E-state index contributed by atoms with van der Waals surface area (Å²) in [5, 5.41) is 0. The van der Waals surface area contributed by atoms with Crippen molar-refractivity contribution in [2.24, 2.45) is 11.8 Å². The molecular formula is C8H11F7. The lowest BCUT2D eigenvalue weighted by Crippen LogP contribution is -2.38. The number of alkyl halides is 7. The van der Waals surface area contributed by atoms with Crippen molar-refractivity contribution in [3.8, 4) is 0 Å². The van der Waals surface area contributed by atoms with Crippen LogP contribution in [-0.2, 0) is 0 Å². The van der Waals surface area contributed by atoms with Gasteiger partial charge in [-0.1, -0.05) is 6.92 Å². The lowest BCUT2D eigenvalue weighted by Gasteiger charge is -2.29. The monoisotopic (exact) mass is 240 g/mol. The molecule has 0 radical (unpaired) electrons. The van der Waals surface area contributed by atoms with Crippen LogP contribution in [0.5, 0.6) is 0 Å². The highest BCUT2D eigenvalue weighted by Gasteiger charge is 2.53. The summed E-state index contributed by atoms with van der Waals surface area (Å²) < 4.78 is 85.0. The molecule has 0 nitrogen and oxygen atoms in total. The Morgan fingerprint density at radius 3 is 1.47 bits per heavy atom. The number of hydrogen-bond acceptors (Lipinski definition) is 0. The third-order valence-electron chi connectivity index (χ3n) is 2.19. The number of hydrogen-bond donors (Lipinski definition) is 0. The van der Waals surface area contributed by atoms with E-state index in [1.807, 2.05) is 0 Å². The van der Waals surface area contributed by atoms with E-state index in [4.69, 9.17) is 0 Å². The second-order valence-electron chi connectivity index (χ2n) is 3.18. The Hall–Kier alpha value is -0.490. The largest absolute Gasteiger partial charge is 0.392 e. The summed E-state index contributed by atoms with van der Waals surface area (Å²) in [4.78, 5) is 0. The molecule has 0 fully saturated rings. The van der Waals surface area contributed by atoms with Crippen LogP contribution in [-0.4, -0.2) is 19.0 Å². The minimum Gasteiger partial charge on any atom is -0.251 e. The molecule has 0 amide bonds. The van der Waals surface area contributed by atoms with E-state index in [0.717, 1.165) is 6.92 Å². The van der Waals surface area contributed by atoms with Gasteiger partial charge in [0, 0.05) is 0 Å². The highest BCUT2D eigenvalue weighted by atomic mass is 19.4. The third kappa shape index (κ3) is 4.25. The maximum atomic E-state index is 12.2. The maximum absolute atomic E-state index is 12.2. The van der Waals surface area contributed by atoms with E-state index in [-0.39, 0.29) is 0 Å². The highest BCUT2D eigenvalue weighted by molar-refractivity contribution is 4.80. The predicted octanol–water partition coefficient (Wildman–Crippen LogP) is 4.11. The SMILES string of the molecule is CCC(C(CCF)C(F)(F)F)C(F)(F)F. The van der Waals surface area contributed by atoms with Gasteiger partial charge in [0.2, 0.25) is 0 Å². The van der Waals surface area contributed by atoms with Crippen molar-refractivity contribution < 1.29 is 30.7 Å². The molecule has 0 aliphatic heterocycles. The van der Waals surface area contributed by atoms with Crippen LogP contribution >= 0.6 is 0 Å². The minimum atomic E-state index is -5.01. The van der Waals surface area contributed by atoms with E-state index < -0.39 is 43.7 Å². The molecule has 0 N–H and O–H groups in total. The van der Waals surface area contributed by atoms with Gasteiger partial charge in [-0.05, 0) is 12.8 Å². The van der Waals surface area contributed by atoms with Crippen molar-refractivity contribution in [1.29, 1.82) is 0 Å². The number of rotatable bonds is 4. The first-order chi connectivity index (χ1) is 6.64. The molecule has 0 aromatic rings. The molecule has 15 heavy (non-hydrogen) atoms. The van der Waals surface area contributed by atoms with Crippen LogP contribution in [0.2, 0.25) is 0 Å². The highest BCUT2D eigenvalue weighted by Crippen LogP contribution is 2.44. The molecule has 0 saturated carbocycles. The van der Waals surface area contributed by atoms with E-state index in [0.29, 0.717) is 0 Å². The van der Waals surface area contributed by atoms with Gasteiger partial charge in [-0.3, -0.25) is 4.39 Å². The summed E-state index contributed by atoms with van der Waals surface area (Å²) >= 11 is 0. The molecule has 92 valence electrons. The zero-order chi connectivity index (χ0) is 12.3. The molecule has 0 aromatic carbocycles. The normalized spacial score (nSPS) is 17.6. The lowest BCUT2D eigenvalue weighted by atomic mass is 9.86. The molecule has 0 rings (SSSR count). The fourth-order valence-electron chi connectivity index (χ4n) is 1.45. The van der Waals surface area contributed by atoms with Crippen LogP contribution in [0.4, 0.5) is 30.7 Å². The van der Waals surface area contributed by atoms with E-state index in [1.165, 1.54) is 0 Å². The van der Waals surface area contributed by atoms with Gasteiger partial charge in [-0.2, -0.15) is 26.3 Å². The van der Waals surface area contributed by atoms with Gasteiger partial charge in [-0.25, -0.2) is 0 Å². The second kappa shape index (κ2) is 5.03. The van der Waals surface area contributed by atoms with Gasteiger partial charge in [0.1, 0.15) is 0 Å². The molecule has 0 saturated heterocycles. The van der Waals surface area contributed by atoms with E-state index in [1.54, 1.807) is 0 Å². The molecule has 0 aliphatic rings. The Morgan fingerprint density at radius 2 is 1.27 bits per heavy atom. The minimum absolute atomic E-state index is 0.701. The van der Waals surface area contributed by atoms with Gasteiger partial charge in [0.15, 0.2) is 0 Å². The van der Waals surface area contributed by atoms with E-state index in [9.17, 15) is 30.7 Å². The van der Waals surface area contributed by atoms with Crippen molar-refractivity contribution in [2.75, 3.05) is 6.67 Å². The van der Waals surface area contributed by atoms with Gasteiger partial charge < -0.3 is 0 Å².